The molecule has 0 saturated carbocycles. The molecule has 0 saturated heterocycles. The van der Waals surface area contributed by atoms with Crippen LogP contribution in [0.5, 0.6) is 5.75 Å². The van der Waals surface area contributed by atoms with Crippen molar-refractivity contribution in [1.29, 1.82) is 0 Å². The largest absolute Gasteiger partial charge is 0.502 e. The zero-order chi connectivity index (χ0) is 9.84. The van der Waals surface area contributed by atoms with Crippen LogP contribution in [0.3, 0.4) is 0 Å². The Bertz CT molecular complexity index is 339. The lowest BCUT2D eigenvalue weighted by molar-refractivity contribution is 0.391. The molecule has 0 aliphatic carbocycles. The van der Waals surface area contributed by atoms with Crippen LogP contribution in [0.1, 0.15) is 31.3 Å². The van der Waals surface area contributed by atoms with Crippen LogP contribution in [0.4, 0.5) is 0 Å². The quantitative estimate of drug-likeness (QED) is 0.777. The average Bonchev–Trinajstić information content (AvgIpc) is 2.10. The second kappa shape index (κ2) is 4.12. The predicted octanol–water partition coefficient (Wildman–Crippen LogP) is 2.00. The van der Waals surface area contributed by atoms with E-state index >= 15 is 0 Å². The van der Waals surface area contributed by atoms with Gasteiger partial charge in [0, 0.05) is 12.5 Å². The van der Waals surface area contributed by atoms with Crippen molar-refractivity contribution in [2.45, 2.75) is 33.1 Å². The lowest BCUT2D eigenvalue weighted by Crippen LogP contribution is -2.02. The van der Waals surface area contributed by atoms with E-state index in [1.165, 1.54) is 6.07 Å². The number of aromatic hydroxyl groups is 1. The molecule has 0 bridgehead atoms. The van der Waals surface area contributed by atoms with Gasteiger partial charge in [-0.15, -0.1) is 0 Å². The lowest BCUT2D eigenvalue weighted by atomic mass is 10.2. The minimum Gasteiger partial charge on any atom is -0.502 e. The van der Waals surface area contributed by atoms with Gasteiger partial charge < -0.3 is 9.52 Å². The van der Waals surface area contributed by atoms with E-state index in [4.69, 9.17) is 9.52 Å². The highest BCUT2D eigenvalue weighted by molar-refractivity contribution is 5.23. The molecule has 0 atom stereocenters. The van der Waals surface area contributed by atoms with Crippen molar-refractivity contribution in [3.05, 3.63) is 27.8 Å². The van der Waals surface area contributed by atoms with Gasteiger partial charge in [-0.1, -0.05) is 13.3 Å². The van der Waals surface area contributed by atoms with Crippen molar-refractivity contribution >= 4 is 0 Å². The number of hydrogen-bond donors (Lipinski definition) is 1. The van der Waals surface area contributed by atoms with Crippen LogP contribution in [0.15, 0.2) is 15.3 Å². The SMILES string of the molecule is CCCCc1cc(=O)c(O)c(C)o1. The Labute approximate surface area is 77.0 Å². The Morgan fingerprint density at radius 1 is 1.54 bits per heavy atom. The summed E-state index contributed by atoms with van der Waals surface area (Å²) in [6.07, 6.45) is 2.81. The second-order valence-electron chi connectivity index (χ2n) is 3.09. The first-order chi connectivity index (χ1) is 6.15. The maximum atomic E-state index is 11.1. The average molecular weight is 182 g/mol. The molecule has 3 nitrogen and oxygen atoms in total. The van der Waals surface area contributed by atoms with Gasteiger partial charge in [0.05, 0.1) is 0 Å². The van der Waals surface area contributed by atoms with E-state index in [0.717, 1.165) is 19.3 Å². The minimum atomic E-state index is -0.352. The Balaban J connectivity index is 2.93. The van der Waals surface area contributed by atoms with Gasteiger partial charge in [-0.05, 0) is 13.3 Å². The Hall–Kier alpha value is -1.25. The fourth-order valence-corrected chi connectivity index (χ4v) is 1.14. The molecule has 1 heterocycles. The van der Waals surface area contributed by atoms with Gasteiger partial charge in [0.2, 0.25) is 11.2 Å². The summed E-state index contributed by atoms with van der Waals surface area (Å²) in [7, 11) is 0. The third kappa shape index (κ3) is 2.34. The first-order valence-electron chi connectivity index (χ1n) is 4.47. The molecule has 0 aromatic carbocycles. The van der Waals surface area contributed by atoms with E-state index < -0.39 is 0 Å². The molecule has 3 heteroatoms. The highest BCUT2D eigenvalue weighted by Crippen LogP contribution is 2.13. The van der Waals surface area contributed by atoms with Gasteiger partial charge in [0.1, 0.15) is 11.5 Å². The minimum absolute atomic E-state index is 0.278. The molecule has 0 spiro atoms. The normalized spacial score (nSPS) is 10.3. The second-order valence-corrected chi connectivity index (χ2v) is 3.09. The molecule has 0 radical (unpaired) electrons. The first-order valence-corrected chi connectivity index (χ1v) is 4.47. The number of unbranched alkanes of at least 4 members (excludes halogenated alkanes) is 1. The van der Waals surface area contributed by atoms with Crippen LogP contribution in [-0.2, 0) is 6.42 Å². The molecule has 0 amide bonds. The number of aryl methyl sites for hydroxylation is 2. The molecule has 0 unspecified atom stereocenters. The highest BCUT2D eigenvalue weighted by atomic mass is 16.4. The lowest BCUT2D eigenvalue weighted by Gasteiger charge is -2.01. The Morgan fingerprint density at radius 3 is 2.77 bits per heavy atom. The molecule has 13 heavy (non-hydrogen) atoms. The molecule has 1 aromatic heterocycles. The monoisotopic (exact) mass is 182 g/mol. The summed E-state index contributed by atoms with van der Waals surface area (Å²) in [5.41, 5.74) is -0.352. The van der Waals surface area contributed by atoms with Crippen molar-refractivity contribution in [3.8, 4) is 5.75 Å². The molecule has 0 aliphatic heterocycles. The summed E-state index contributed by atoms with van der Waals surface area (Å²) in [4.78, 5) is 11.1. The molecule has 1 aromatic rings. The maximum absolute atomic E-state index is 11.1. The van der Waals surface area contributed by atoms with E-state index in [2.05, 4.69) is 6.92 Å². The summed E-state index contributed by atoms with van der Waals surface area (Å²) in [5, 5.41) is 9.15. The third-order valence-corrected chi connectivity index (χ3v) is 1.92. The number of hydrogen-bond acceptors (Lipinski definition) is 3. The fourth-order valence-electron chi connectivity index (χ4n) is 1.14. The van der Waals surface area contributed by atoms with Crippen LogP contribution in [-0.4, -0.2) is 5.11 Å². The predicted molar refractivity (Wildman–Crippen MR) is 50.0 cm³/mol. The smallest absolute Gasteiger partial charge is 0.227 e. The topological polar surface area (TPSA) is 50.4 Å². The zero-order valence-corrected chi connectivity index (χ0v) is 7.96. The van der Waals surface area contributed by atoms with Gasteiger partial charge in [0.25, 0.3) is 0 Å². The molecule has 1 rings (SSSR count). The van der Waals surface area contributed by atoms with Crippen LogP contribution < -0.4 is 5.43 Å². The van der Waals surface area contributed by atoms with E-state index in [1.807, 2.05) is 0 Å². The van der Waals surface area contributed by atoms with Crippen LogP contribution in [0, 0.1) is 6.92 Å². The zero-order valence-electron chi connectivity index (χ0n) is 7.96. The summed E-state index contributed by atoms with van der Waals surface area (Å²) in [5.74, 6) is 0.681. The maximum Gasteiger partial charge on any atom is 0.227 e. The van der Waals surface area contributed by atoms with Gasteiger partial charge in [-0.25, -0.2) is 0 Å². The molecular formula is C10H14O3. The molecule has 1 N–H and O–H groups in total. The van der Waals surface area contributed by atoms with Gasteiger partial charge in [-0.3, -0.25) is 4.79 Å². The molecular weight excluding hydrogens is 168 g/mol. The van der Waals surface area contributed by atoms with Gasteiger partial charge >= 0.3 is 0 Å². The molecule has 72 valence electrons. The summed E-state index contributed by atoms with van der Waals surface area (Å²) in [6, 6.07) is 1.36. The van der Waals surface area contributed by atoms with Crippen LogP contribution in [0.2, 0.25) is 0 Å². The van der Waals surface area contributed by atoms with E-state index in [-0.39, 0.29) is 11.2 Å². The van der Waals surface area contributed by atoms with E-state index in [9.17, 15) is 4.79 Å². The summed E-state index contributed by atoms with van der Waals surface area (Å²) >= 11 is 0. The van der Waals surface area contributed by atoms with E-state index in [0.29, 0.717) is 11.5 Å². The van der Waals surface area contributed by atoms with Crippen LogP contribution >= 0.6 is 0 Å². The molecule has 0 fully saturated rings. The Kier molecular flexibility index (Phi) is 3.12. The van der Waals surface area contributed by atoms with E-state index in [1.54, 1.807) is 6.92 Å². The van der Waals surface area contributed by atoms with Crippen molar-refractivity contribution in [3.63, 3.8) is 0 Å². The molecule has 0 aliphatic rings. The first kappa shape index (κ1) is 9.84. The van der Waals surface area contributed by atoms with Crippen molar-refractivity contribution < 1.29 is 9.52 Å². The van der Waals surface area contributed by atoms with Gasteiger partial charge in [-0.2, -0.15) is 0 Å². The van der Waals surface area contributed by atoms with Crippen LogP contribution in [0.25, 0.3) is 0 Å². The fraction of sp³-hybridized carbons (Fsp3) is 0.500. The van der Waals surface area contributed by atoms with Crippen molar-refractivity contribution in [2.24, 2.45) is 0 Å². The van der Waals surface area contributed by atoms with Gasteiger partial charge in [0.15, 0.2) is 0 Å². The Morgan fingerprint density at radius 2 is 2.23 bits per heavy atom. The highest BCUT2D eigenvalue weighted by Gasteiger charge is 2.05. The van der Waals surface area contributed by atoms with Crippen molar-refractivity contribution in [2.75, 3.05) is 0 Å². The third-order valence-electron chi connectivity index (χ3n) is 1.92. The summed E-state index contributed by atoms with van der Waals surface area (Å²) < 4.78 is 5.24. The standard InChI is InChI=1S/C10H14O3/c1-3-4-5-8-6-9(11)10(12)7(2)13-8/h6,12H,3-5H2,1-2H3. The van der Waals surface area contributed by atoms with Crippen molar-refractivity contribution in [1.82, 2.24) is 0 Å². The summed E-state index contributed by atoms with van der Waals surface area (Å²) in [6.45, 7) is 3.66. The number of rotatable bonds is 3.